The molecule has 74 heavy (non-hydrogen) atoms. The van der Waals surface area contributed by atoms with Crippen LogP contribution >= 0.6 is 23.5 Å². The molecule has 2 heterocycles. The number of aliphatic carboxylic acids is 5. The van der Waals surface area contributed by atoms with Crippen LogP contribution in [0.1, 0.15) is 102 Å². The number of ether oxygens (including phenoxy) is 1. The van der Waals surface area contributed by atoms with Crippen molar-refractivity contribution in [2.75, 3.05) is 43.4 Å². The minimum atomic E-state index is -1.06. The van der Waals surface area contributed by atoms with Crippen molar-refractivity contribution >= 4 is 71.1 Å². The molecular formula is C43H74N16O13S2. The van der Waals surface area contributed by atoms with Gasteiger partial charge in [0.25, 0.3) is 0 Å². The number of carboxylic acids is 5. The Kier molecular flexibility index (Phi) is 42.8. The summed E-state index contributed by atoms with van der Waals surface area (Å²) in [7, 11) is 0. The molecule has 3 rings (SSSR count). The molecule has 31 heteroatoms. The van der Waals surface area contributed by atoms with Crippen LogP contribution in [0.25, 0.3) is 31.3 Å². The molecule has 2 aliphatic rings. The third-order valence-corrected chi connectivity index (χ3v) is 12.9. The number of amides is 2. The summed E-state index contributed by atoms with van der Waals surface area (Å²) in [6.45, 7) is 1.69. The first-order chi connectivity index (χ1) is 35.2. The molecule has 0 saturated carbocycles. The van der Waals surface area contributed by atoms with Gasteiger partial charge in [0.15, 0.2) is 0 Å². The molecule has 0 aromatic heterocycles. The molecule has 416 valence electrons. The number of nitrogens with zero attached hydrogens (tertiary/aromatic N) is 9. The number of alkyl carbamates (subject to hydrolysis) is 1. The normalized spacial score (nSPS) is 16.0. The highest BCUT2D eigenvalue weighted by Gasteiger charge is 2.23. The zero-order valence-corrected chi connectivity index (χ0v) is 43.0. The van der Waals surface area contributed by atoms with E-state index in [1.165, 1.54) is 18.6 Å². The number of thioether (sulfide) groups is 2. The van der Waals surface area contributed by atoms with E-state index in [9.17, 15) is 33.6 Å². The standard InChI is InChI=1S/C13H17N5O4.C11H20N2O3S.C8H15NO2S.C6H12N4O2.C5H10N4O2/c14-11(12(19)20)2-1-7-16-13(21)22-8-9-3-5-10(6-4-9)17-18-15;12-9(11(15)16)3-1-2-5-13-10(14)8-4-6-17-7-8;9-7(8(10)11)4-3-6-2-1-5-12-6;7-5(6(11)12)3-1-2-4-9-10-8;6-4(5(10)11)2-1-3-8-9-7/h3-6,11H,1-2,7-8,14H2,(H,16,21)(H,19,20);8-9H,1-7,12H2,(H,13,14)(H,15,16);6-7H,1-5,9H2,(H,10,11);5H,1-4,7H2,(H,11,12);4H,1-3,6H2,(H,10,11)/t11-;8-,9-;6-,7+;5-;4-/m00100/s1. The van der Waals surface area contributed by atoms with E-state index in [1.54, 1.807) is 24.3 Å². The lowest BCUT2D eigenvalue weighted by atomic mass is 10.1. The minimum absolute atomic E-state index is 0.0804. The van der Waals surface area contributed by atoms with Gasteiger partial charge < -0.3 is 69.6 Å². The molecule has 2 fully saturated rings. The van der Waals surface area contributed by atoms with Gasteiger partial charge >= 0.3 is 35.9 Å². The maximum Gasteiger partial charge on any atom is 0.407 e. The molecule has 29 nitrogen and oxygen atoms in total. The topological polar surface area (TPSA) is 530 Å². The van der Waals surface area contributed by atoms with Crippen molar-refractivity contribution in [3.8, 4) is 0 Å². The molecule has 2 aliphatic heterocycles. The van der Waals surface area contributed by atoms with Gasteiger partial charge in [0.1, 0.15) is 36.8 Å². The first kappa shape index (κ1) is 69.8. The lowest BCUT2D eigenvalue weighted by Gasteiger charge is -2.10. The number of carbonyl (C=O) groups excluding carboxylic acids is 2. The van der Waals surface area contributed by atoms with Crippen LogP contribution < -0.4 is 39.3 Å². The van der Waals surface area contributed by atoms with Crippen molar-refractivity contribution in [1.29, 1.82) is 0 Å². The Morgan fingerprint density at radius 3 is 1.58 bits per heavy atom. The molecule has 0 radical (unpaired) electrons. The van der Waals surface area contributed by atoms with E-state index in [4.69, 9.17) is 75.5 Å². The number of azide groups is 3. The quantitative estimate of drug-likeness (QED) is 0.0210. The summed E-state index contributed by atoms with van der Waals surface area (Å²) in [5.41, 5.74) is 51.7. The fraction of sp³-hybridized carbons (Fsp3) is 0.698. The molecule has 0 bridgehead atoms. The van der Waals surface area contributed by atoms with Gasteiger partial charge in [0.05, 0.1) is 0 Å². The van der Waals surface area contributed by atoms with Gasteiger partial charge in [-0.05, 0) is 124 Å². The number of hydrogen-bond acceptors (Lipinski definition) is 18. The predicted octanol–water partition coefficient (Wildman–Crippen LogP) is 4.93. The second-order valence-electron chi connectivity index (χ2n) is 16.3. The Morgan fingerprint density at radius 1 is 0.622 bits per heavy atom. The van der Waals surface area contributed by atoms with E-state index in [0.29, 0.717) is 81.9 Å². The molecule has 7 atom stereocenters. The Hall–Kier alpha value is -6.26. The average molecular weight is 1090 g/mol. The Labute approximate surface area is 437 Å². The third-order valence-electron chi connectivity index (χ3n) is 10.3. The summed E-state index contributed by atoms with van der Waals surface area (Å²) in [6, 6.07) is 2.59. The van der Waals surface area contributed by atoms with Crippen LogP contribution in [0.2, 0.25) is 0 Å². The van der Waals surface area contributed by atoms with Crippen LogP contribution in [0.4, 0.5) is 10.5 Å². The van der Waals surface area contributed by atoms with Crippen molar-refractivity contribution in [3.63, 3.8) is 0 Å². The van der Waals surface area contributed by atoms with Gasteiger partial charge in [-0.2, -0.15) is 23.5 Å². The molecule has 2 amide bonds. The maximum atomic E-state index is 11.6. The van der Waals surface area contributed by atoms with Crippen molar-refractivity contribution in [2.45, 2.75) is 138 Å². The lowest BCUT2D eigenvalue weighted by Crippen LogP contribution is -2.32. The highest BCUT2D eigenvalue weighted by molar-refractivity contribution is 8.00. The van der Waals surface area contributed by atoms with E-state index in [0.717, 1.165) is 42.8 Å². The number of nitrogens with one attached hydrogen (secondary N) is 2. The molecule has 0 spiro atoms. The van der Waals surface area contributed by atoms with E-state index in [2.05, 4.69) is 40.7 Å². The maximum absolute atomic E-state index is 11.6. The number of benzene rings is 1. The summed E-state index contributed by atoms with van der Waals surface area (Å²) in [6.07, 6.45) is 9.80. The third kappa shape index (κ3) is 40.2. The molecule has 17 N–H and O–H groups in total. The molecule has 0 aliphatic carbocycles. The summed E-state index contributed by atoms with van der Waals surface area (Å²) in [5.74, 6) is -1.38. The number of carboxylic acid groups (broad SMARTS) is 5. The highest BCUT2D eigenvalue weighted by atomic mass is 32.2. The molecule has 1 aromatic carbocycles. The number of unbranched alkanes of at least 4 members (excludes halogenated alkanes) is 2. The van der Waals surface area contributed by atoms with Crippen LogP contribution in [-0.2, 0) is 40.1 Å². The minimum Gasteiger partial charge on any atom is -0.480 e. The number of nitrogens with two attached hydrogens (primary N) is 5. The predicted molar refractivity (Wildman–Crippen MR) is 279 cm³/mol. The van der Waals surface area contributed by atoms with Crippen molar-refractivity contribution in [1.82, 2.24) is 10.6 Å². The van der Waals surface area contributed by atoms with Gasteiger partial charge in [-0.3, -0.25) is 28.8 Å². The molecule has 0 unspecified atom stereocenters. The zero-order valence-electron chi connectivity index (χ0n) is 41.3. The summed E-state index contributed by atoms with van der Waals surface area (Å²) < 4.78 is 4.98. The lowest BCUT2D eigenvalue weighted by molar-refractivity contribution is -0.139. The molecular weight excluding hydrogens is 1010 g/mol. The SMILES string of the molecule is N[C@@H](CCCCNC(=O)[C@H]1CCSC1)C(=O)O.N[C@@H](CC[C@H]1CCCS1)C(=O)O.[N-]=[N+]=NCCCC[C@H](N)C(=O)O.[N-]=[N+]=NCCC[C@H](N)C(=O)O.[N-]=[N+]=Nc1ccc(COC(=O)NCCC[C@H](N)C(=O)O)cc1. The van der Waals surface area contributed by atoms with Crippen LogP contribution in [-0.4, -0.2) is 146 Å². The highest BCUT2D eigenvalue weighted by Crippen LogP contribution is 2.29. The van der Waals surface area contributed by atoms with E-state index < -0.39 is 66.1 Å². The average Bonchev–Trinajstić information content (AvgIpc) is 4.12. The number of hydrogen-bond donors (Lipinski definition) is 12. The number of rotatable bonds is 30. The first-order valence-corrected chi connectivity index (χ1v) is 25.9. The van der Waals surface area contributed by atoms with Crippen molar-refractivity contribution < 1.29 is 63.8 Å². The Balaban J connectivity index is 0. The van der Waals surface area contributed by atoms with Gasteiger partial charge in [-0.15, -0.1) is 0 Å². The van der Waals surface area contributed by atoms with Crippen LogP contribution in [0, 0.1) is 5.92 Å². The largest absolute Gasteiger partial charge is 0.480 e. The van der Waals surface area contributed by atoms with Gasteiger partial charge in [-0.25, -0.2) is 4.79 Å². The fourth-order valence-corrected chi connectivity index (χ4v) is 8.41. The summed E-state index contributed by atoms with van der Waals surface area (Å²) in [5, 5.41) is 58.4. The monoisotopic (exact) mass is 1090 g/mol. The first-order valence-electron chi connectivity index (χ1n) is 23.7. The van der Waals surface area contributed by atoms with Gasteiger partial charge in [0, 0.05) is 63.5 Å². The van der Waals surface area contributed by atoms with E-state index in [1.807, 2.05) is 23.5 Å². The second kappa shape index (κ2) is 45.4. The Bertz CT molecular complexity index is 1950. The smallest absolute Gasteiger partial charge is 0.407 e. The van der Waals surface area contributed by atoms with Crippen LogP contribution in [0.5, 0.6) is 0 Å². The Morgan fingerprint density at radius 2 is 1.11 bits per heavy atom. The fourth-order valence-electron chi connectivity index (χ4n) is 5.88. The zero-order chi connectivity index (χ0) is 56.1. The van der Waals surface area contributed by atoms with Gasteiger partial charge in [-0.1, -0.05) is 46.0 Å². The van der Waals surface area contributed by atoms with Crippen LogP contribution in [0.15, 0.2) is 39.6 Å². The molecule has 2 saturated heterocycles. The number of carbonyl (C=O) groups is 7. The second-order valence-corrected chi connectivity index (χ2v) is 18.9. The van der Waals surface area contributed by atoms with Crippen molar-refractivity contribution in [2.24, 2.45) is 49.9 Å². The van der Waals surface area contributed by atoms with Gasteiger partial charge in [0.2, 0.25) is 5.91 Å². The van der Waals surface area contributed by atoms with E-state index in [-0.39, 0.29) is 31.4 Å². The van der Waals surface area contributed by atoms with Crippen LogP contribution in [0.3, 0.4) is 0 Å². The van der Waals surface area contributed by atoms with E-state index >= 15 is 0 Å². The summed E-state index contributed by atoms with van der Waals surface area (Å²) >= 11 is 3.77. The van der Waals surface area contributed by atoms with Crippen molar-refractivity contribution in [3.05, 3.63) is 61.2 Å². The molecule has 1 aromatic rings. The summed E-state index contributed by atoms with van der Waals surface area (Å²) in [4.78, 5) is 82.4.